The molecule has 4 N–H and O–H groups in total. The number of carbonyl (C=O) groups excluding carboxylic acids is 1. The Morgan fingerprint density at radius 3 is 2.08 bits per heavy atom. The Bertz CT molecular complexity index is 240. The topological polar surface area (TPSA) is 88.0 Å². The van der Waals surface area contributed by atoms with Crippen LogP contribution in [0.4, 0.5) is 5.69 Å². The Morgan fingerprint density at radius 2 is 1.85 bits per heavy atom. The van der Waals surface area contributed by atoms with E-state index in [-0.39, 0.29) is 5.75 Å². The van der Waals surface area contributed by atoms with Gasteiger partial charge in [0.1, 0.15) is 11.4 Å². The van der Waals surface area contributed by atoms with Crippen molar-refractivity contribution in [3.05, 3.63) is 24.3 Å². The number of hydrogen-bond donors (Lipinski definition) is 2. The molecule has 0 aromatic heterocycles. The van der Waals surface area contributed by atoms with Crippen LogP contribution in [0.2, 0.25) is 0 Å². The van der Waals surface area contributed by atoms with Gasteiger partial charge in [0.25, 0.3) is 0 Å². The number of carbonyl (C=O) groups is 1. The Hall–Kier alpha value is -1.26. The molecular weight excluding hydrogens is 194 g/mol. The predicted octanol–water partition coefficient (Wildman–Crippen LogP) is -0.759. The molecule has 0 radical (unpaired) electrons. The SMILES string of the molecule is O=C([O-])CCl.[NH3+]c1ccc(O)cc1. The number of benzene rings is 1. The van der Waals surface area contributed by atoms with Gasteiger partial charge in [-0.2, -0.15) is 0 Å². The molecule has 0 amide bonds. The lowest BCUT2D eigenvalue weighted by atomic mass is 10.3. The summed E-state index contributed by atoms with van der Waals surface area (Å²) in [4.78, 5) is 9.12. The summed E-state index contributed by atoms with van der Waals surface area (Å²) >= 11 is 4.67. The van der Waals surface area contributed by atoms with Gasteiger partial charge in [0, 0.05) is 12.1 Å². The number of aromatic hydroxyl groups is 1. The smallest absolute Gasteiger partial charge is 0.128 e. The van der Waals surface area contributed by atoms with Crippen LogP contribution in [-0.2, 0) is 4.79 Å². The third-order valence-corrected chi connectivity index (χ3v) is 1.26. The predicted molar refractivity (Wildman–Crippen MR) is 46.4 cm³/mol. The molecular formula is C8H10ClNO3. The monoisotopic (exact) mass is 203 g/mol. The zero-order valence-corrected chi connectivity index (χ0v) is 7.62. The minimum atomic E-state index is -1.23. The highest BCUT2D eigenvalue weighted by Gasteiger charge is 1.85. The number of quaternary nitrogens is 1. The second kappa shape index (κ2) is 6.28. The molecule has 0 atom stereocenters. The van der Waals surface area contributed by atoms with Gasteiger partial charge in [0.05, 0.1) is 11.8 Å². The van der Waals surface area contributed by atoms with E-state index < -0.39 is 11.8 Å². The summed E-state index contributed by atoms with van der Waals surface area (Å²) in [6.45, 7) is 0. The van der Waals surface area contributed by atoms with Crippen molar-refractivity contribution in [3.63, 3.8) is 0 Å². The van der Waals surface area contributed by atoms with Gasteiger partial charge in [0.2, 0.25) is 0 Å². The fourth-order valence-corrected chi connectivity index (χ4v) is 0.496. The van der Waals surface area contributed by atoms with Crippen molar-refractivity contribution in [1.29, 1.82) is 0 Å². The van der Waals surface area contributed by atoms with E-state index >= 15 is 0 Å². The van der Waals surface area contributed by atoms with Gasteiger partial charge < -0.3 is 20.7 Å². The summed E-state index contributed by atoms with van der Waals surface area (Å²) in [5.41, 5.74) is 4.57. The molecule has 0 aliphatic heterocycles. The van der Waals surface area contributed by atoms with Gasteiger partial charge in [-0.3, -0.25) is 0 Å². The lowest BCUT2D eigenvalue weighted by Gasteiger charge is -1.86. The van der Waals surface area contributed by atoms with Gasteiger partial charge >= 0.3 is 0 Å². The van der Waals surface area contributed by atoms with Crippen molar-refractivity contribution in [1.82, 2.24) is 0 Å². The molecule has 1 aromatic rings. The highest BCUT2D eigenvalue weighted by Crippen LogP contribution is 2.08. The van der Waals surface area contributed by atoms with Crippen molar-refractivity contribution in [2.75, 3.05) is 5.88 Å². The number of carboxylic acid groups (broad SMARTS) is 1. The molecule has 13 heavy (non-hydrogen) atoms. The summed E-state index contributed by atoms with van der Waals surface area (Å²) < 4.78 is 0. The van der Waals surface area contributed by atoms with E-state index in [4.69, 9.17) is 15.0 Å². The van der Waals surface area contributed by atoms with Crippen molar-refractivity contribution in [2.45, 2.75) is 0 Å². The summed E-state index contributed by atoms with van der Waals surface area (Å²) in [5.74, 6) is -1.36. The van der Waals surface area contributed by atoms with Crippen LogP contribution in [0.1, 0.15) is 0 Å². The first-order chi connectivity index (χ1) is 6.06. The number of carboxylic acids is 1. The van der Waals surface area contributed by atoms with Crippen LogP contribution in [0.3, 0.4) is 0 Å². The number of aliphatic carboxylic acids is 1. The largest absolute Gasteiger partial charge is 0.549 e. The number of halogens is 1. The fourth-order valence-electron chi connectivity index (χ4n) is 0.496. The third-order valence-electron chi connectivity index (χ3n) is 1.05. The molecule has 0 fully saturated rings. The average molecular weight is 204 g/mol. The molecule has 0 saturated carbocycles. The van der Waals surface area contributed by atoms with E-state index in [2.05, 4.69) is 17.3 Å². The van der Waals surface area contributed by atoms with Crippen LogP contribution in [0.15, 0.2) is 24.3 Å². The van der Waals surface area contributed by atoms with Crippen LogP contribution < -0.4 is 10.8 Å². The second-order valence-corrected chi connectivity index (χ2v) is 2.44. The van der Waals surface area contributed by atoms with Gasteiger partial charge in [-0.05, 0) is 12.1 Å². The second-order valence-electron chi connectivity index (χ2n) is 2.17. The average Bonchev–Trinajstić information content (AvgIpc) is 2.11. The summed E-state index contributed by atoms with van der Waals surface area (Å²) in [6.07, 6.45) is 0. The van der Waals surface area contributed by atoms with E-state index in [1.807, 2.05) is 0 Å². The normalized spacial score (nSPS) is 8.46. The molecule has 0 saturated heterocycles. The molecule has 0 aliphatic rings. The van der Waals surface area contributed by atoms with Crippen LogP contribution in [0, 0.1) is 0 Å². The van der Waals surface area contributed by atoms with Gasteiger partial charge in [-0.1, -0.05) is 0 Å². The number of hydrogen-bond acceptors (Lipinski definition) is 3. The van der Waals surface area contributed by atoms with E-state index in [0.717, 1.165) is 5.69 Å². The molecule has 0 spiro atoms. The zero-order valence-electron chi connectivity index (χ0n) is 6.87. The minimum Gasteiger partial charge on any atom is -0.549 e. The fraction of sp³-hybridized carbons (Fsp3) is 0.125. The third kappa shape index (κ3) is 7.11. The highest BCUT2D eigenvalue weighted by molar-refractivity contribution is 6.25. The molecule has 0 aliphatic carbocycles. The lowest BCUT2D eigenvalue weighted by molar-refractivity contribution is -0.301. The number of alkyl halides is 1. The van der Waals surface area contributed by atoms with Crippen LogP contribution in [0.5, 0.6) is 5.75 Å². The van der Waals surface area contributed by atoms with E-state index in [9.17, 15) is 0 Å². The van der Waals surface area contributed by atoms with Crippen molar-refractivity contribution in [3.8, 4) is 5.75 Å². The van der Waals surface area contributed by atoms with Crippen molar-refractivity contribution in [2.24, 2.45) is 0 Å². The molecule has 0 unspecified atom stereocenters. The summed E-state index contributed by atoms with van der Waals surface area (Å²) in [6, 6.07) is 6.75. The first-order valence-electron chi connectivity index (χ1n) is 3.43. The quantitative estimate of drug-likeness (QED) is 0.588. The molecule has 1 rings (SSSR count). The lowest BCUT2D eigenvalue weighted by Crippen LogP contribution is -2.39. The van der Waals surface area contributed by atoms with Gasteiger partial charge in [0.15, 0.2) is 0 Å². The molecule has 5 heteroatoms. The Balaban J connectivity index is 0.000000252. The van der Waals surface area contributed by atoms with Gasteiger partial charge in [-0.15, -0.1) is 11.6 Å². The summed E-state index contributed by atoms with van der Waals surface area (Å²) in [5, 5.41) is 17.9. The number of phenols is 1. The molecule has 4 nitrogen and oxygen atoms in total. The maximum Gasteiger partial charge on any atom is 0.128 e. The van der Waals surface area contributed by atoms with Crippen molar-refractivity contribution >= 4 is 23.3 Å². The Morgan fingerprint density at radius 1 is 1.46 bits per heavy atom. The Labute approximate surface area is 80.6 Å². The highest BCUT2D eigenvalue weighted by atomic mass is 35.5. The Kier molecular flexibility index (Phi) is 5.67. The first kappa shape index (κ1) is 11.7. The molecule has 1 aromatic carbocycles. The summed E-state index contributed by atoms with van der Waals surface area (Å²) in [7, 11) is 0. The van der Waals surface area contributed by atoms with Gasteiger partial charge in [-0.25, -0.2) is 0 Å². The standard InChI is InChI=1S/C6H7NO.C2H3ClO2/c7-5-1-3-6(8)4-2-5;3-1-2(4)5/h1-4,8H,7H2;1H2,(H,4,5). The number of rotatable bonds is 1. The molecule has 72 valence electrons. The number of phenolic OH excluding ortho intramolecular Hbond substituents is 1. The van der Waals surface area contributed by atoms with Crippen LogP contribution in [0.25, 0.3) is 0 Å². The first-order valence-corrected chi connectivity index (χ1v) is 3.96. The van der Waals surface area contributed by atoms with E-state index in [1.165, 1.54) is 0 Å². The van der Waals surface area contributed by atoms with E-state index in [1.54, 1.807) is 24.3 Å². The molecule has 0 heterocycles. The maximum absolute atomic E-state index is 9.12. The van der Waals surface area contributed by atoms with Crippen LogP contribution in [-0.4, -0.2) is 17.0 Å². The van der Waals surface area contributed by atoms with Crippen molar-refractivity contribution < 1.29 is 20.7 Å². The molecule has 0 bridgehead atoms. The zero-order chi connectivity index (χ0) is 10.3. The van der Waals surface area contributed by atoms with Crippen LogP contribution >= 0.6 is 11.6 Å². The maximum atomic E-state index is 9.12. The minimum absolute atomic E-state index is 0.289. The van der Waals surface area contributed by atoms with E-state index in [0.29, 0.717) is 0 Å².